The van der Waals surface area contributed by atoms with Crippen LogP contribution in [0.4, 0.5) is 4.39 Å². The molecule has 8 aromatic rings. The minimum atomic E-state index is -0.330. The zero-order valence-corrected chi connectivity index (χ0v) is 25.4. The van der Waals surface area contributed by atoms with E-state index in [2.05, 4.69) is 22.1 Å². The number of benzene rings is 4. The third-order valence-corrected chi connectivity index (χ3v) is 7.03. The Balaban J connectivity index is 0.000000213. The number of imidazole rings is 1. The zero-order chi connectivity index (χ0) is 28.5. The Morgan fingerprint density at radius 3 is 2.40 bits per heavy atom. The predicted octanol–water partition coefficient (Wildman–Crippen LogP) is 8.78. The molecule has 7 heteroatoms. The Morgan fingerprint density at radius 2 is 1.60 bits per heavy atom. The smallest absolute Gasteiger partial charge is 0.155 e. The summed E-state index contributed by atoms with van der Waals surface area (Å²) >= 11 is 0. The summed E-state index contributed by atoms with van der Waals surface area (Å²) < 4.78 is 21.9. The maximum atomic E-state index is 13.8. The van der Waals surface area contributed by atoms with Crippen LogP contribution in [0.25, 0.3) is 61.4 Å². The Morgan fingerprint density at radius 1 is 0.767 bits per heavy atom. The molecule has 0 spiro atoms. The molecule has 4 aromatic carbocycles. The van der Waals surface area contributed by atoms with Crippen LogP contribution in [0.3, 0.4) is 0 Å². The van der Waals surface area contributed by atoms with Crippen LogP contribution in [-0.2, 0) is 20.1 Å². The fourth-order valence-electron chi connectivity index (χ4n) is 5.04. The SMILES string of the molecule is Cc1ccnc2c1nc(-c1[c-]ccc3c1oc1cc(F)ccc13)n2-c1ccccc1.[Ir].[c-]1ccccc1-c1ccccn1. The van der Waals surface area contributed by atoms with Gasteiger partial charge < -0.3 is 14.0 Å². The van der Waals surface area contributed by atoms with Crippen LogP contribution < -0.4 is 0 Å². The van der Waals surface area contributed by atoms with Crippen LogP contribution in [0.5, 0.6) is 0 Å². The second-order valence-electron chi connectivity index (χ2n) is 9.74. The number of hydrogen-bond acceptors (Lipinski definition) is 4. The number of halogens is 1. The van der Waals surface area contributed by atoms with Crippen LogP contribution in [0.1, 0.15) is 5.56 Å². The molecule has 43 heavy (non-hydrogen) atoms. The quantitative estimate of drug-likeness (QED) is 0.170. The molecule has 5 nitrogen and oxygen atoms in total. The number of para-hydroxylation sites is 1. The van der Waals surface area contributed by atoms with Crippen molar-refractivity contribution in [1.29, 1.82) is 0 Å². The van der Waals surface area contributed by atoms with Gasteiger partial charge in [-0.05, 0) is 54.6 Å². The molecular formula is C36H23FIrN4O-2. The molecule has 0 bridgehead atoms. The number of nitrogens with zero attached hydrogens (tertiary/aromatic N) is 4. The van der Waals surface area contributed by atoms with E-state index in [1.54, 1.807) is 18.5 Å². The Labute approximate surface area is 261 Å². The fraction of sp³-hybridized carbons (Fsp3) is 0.0278. The first kappa shape index (κ1) is 28.2. The van der Waals surface area contributed by atoms with Crippen molar-refractivity contribution in [1.82, 2.24) is 19.5 Å². The van der Waals surface area contributed by atoms with E-state index in [9.17, 15) is 4.39 Å². The van der Waals surface area contributed by atoms with Crippen LogP contribution in [0.15, 0.2) is 126 Å². The van der Waals surface area contributed by atoms with Crippen LogP contribution in [-0.4, -0.2) is 19.5 Å². The van der Waals surface area contributed by atoms with Gasteiger partial charge in [-0.25, -0.2) is 9.37 Å². The Bertz CT molecular complexity index is 2120. The number of hydrogen-bond donors (Lipinski definition) is 0. The van der Waals surface area contributed by atoms with Crippen molar-refractivity contribution in [2.24, 2.45) is 0 Å². The fourth-order valence-corrected chi connectivity index (χ4v) is 5.04. The Kier molecular flexibility index (Phi) is 7.92. The molecule has 0 N–H and O–H groups in total. The molecule has 8 rings (SSSR count). The largest absolute Gasteiger partial charge is 0.500 e. The van der Waals surface area contributed by atoms with E-state index in [-0.39, 0.29) is 25.9 Å². The van der Waals surface area contributed by atoms with E-state index in [1.807, 2.05) is 102 Å². The van der Waals surface area contributed by atoms with Crippen molar-refractivity contribution in [2.75, 3.05) is 0 Å². The second-order valence-corrected chi connectivity index (χ2v) is 9.74. The molecule has 211 valence electrons. The van der Waals surface area contributed by atoms with Crippen molar-refractivity contribution in [3.05, 3.63) is 145 Å². The average Bonchev–Trinajstić information content (AvgIpc) is 3.62. The van der Waals surface area contributed by atoms with Gasteiger partial charge in [-0.15, -0.1) is 54.1 Å². The summed E-state index contributed by atoms with van der Waals surface area (Å²) in [6.07, 6.45) is 3.58. The first-order valence-electron chi connectivity index (χ1n) is 13.5. The summed E-state index contributed by atoms with van der Waals surface area (Å²) in [6, 6.07) is 40.4. The van der Waals surface area contributed by atoms with Gasteiger partial charge in [-0.1, -0.05) is 41.3 Å². The molecule has 1 radical (unpaired) electrons. The Hall–Kier alpha value is -4.97. The van der Waals surface area contributed by atoms with E-state index < -0.39 is 0 Å². The molecule has 4 aromatic heterocycles. The van der Waals surface area contributed by atoms with Crippen LogP contribution >= 0.6 is 0 Å². The minimum Gasteiger partial charge on any atom is -0.500 e. The number of aromatic nitrogens is 4. The molecule has 0 aliphatic carbocycles. The summed E-state index contributed by atoms with van der Waals surface area (Å²) in [7, 11) is 0. The van der Waals surface area contributed by atoms with E-state index in [0.717, 1.165) is 44.4 Å². The van der Waals surface area contributed by atoms with E-state index >= 15 is 0 Å². The number of fused-ring (bicyclic) bond motifs is 4. The third kappa shape index (κ3) is 5.36. The van der Waals surface area contributed by atoms with Crippen molar-refractivity contribution < 1.29 is 28.9 Å². The van der Waals surface area contributed by atoms with E-state index in [1.165, 1.54) is 12.1 Å². The van der Waals surface area contributed by atoms with Crippen molar-refractivity contribution in [2.45, 2.75) is 6.92 Å². The third-order valence-electron chi connectivity index (χ3n) is 7.03. The van der Waals surface area contributed by atoms with Gasteiger partial charge >= 0.3 is 0 Å². The number of furan rings is 1. The second kappa shape index (κ2) is 12.1. The van der Waals surface area contributed by atoms with Gasteiger partial charge in [0.2, 0.25) is 0 Å². The molecule has 4 heterocycles. The van der Waals surface area contributed by atoms with Gasteiger partial charge in [0, 0.05) is 49.6 Å². The summed E-state index contributed by atoms with van der Waals surface area (Å²) in [4.78, 5) is 13.8. The first-order valence-corrected chi connectivity index (χ1v) is 13.5. The number of aryl methyl sites for hydroxylation is 1. The van der Waals surface area contributed by atoms with Gasteiger partial charge in [-0.3, -0.25) is 4.98 Å². The molecule has 0 fully saturated rings. The van der Waals surface area contributed by atoms with Crippen LogP contribution in [0.2, 0.25) is 0 Å². The zero-order valence-electron chi connectivity index (χ0n) is 23.0. The van der Waals surface area contributed by atoms with Crippen molar-refractivity contribution in [3.8, 4) is 28.3 Å². The average molecular weight is 739 g/mol. The van der Waals surface area contributed by atoms with Crippen molar-refractivity contribution >= 4 is 33.1 Å². The number of rotatable bonds is 3. The van der Waals surface area contributed by atoms with Gasteiger partial charge in [-0.2, -0.15) is 0 Å². The van der Waals surface area contributed by atoms with Gasteiger partial charge in [0.1, 0.15) is 11.4 Å². The summed E-state index contributed by atoms with van der Waals surface area (Å²) in [5.74, 6) is 0.353. The standard InChI is InChI=1S/C25H15FN3O.C11H8N.Ir/c1-15-12-13-27-25-22(15)28-24(29(25)17-6-3-2-4-7-17)20-9-5-8-19-18-11-10-16(26)14-21(18)30-23(19)20;1-2-6-10(7-3-1)11-8-4-5-9-12-11;/h2-8,10-14H,1H3;1-6,8-9H;/q2*-1;. The van der Waals surface area contributed by atoms with Gasteiger partial charge in [0.25, 0.3) is 0 Å². The van der Waals surface area contributed by atoms with Crippen LogP contribution in [0, 0.1) is 24.9 Å². The molecule has 0 saturated carbocycles. The van der Waals surface area contributed by atoms with E-state index in [0.29, 0.717) is 22.6 Å². The molecule has 0 aliphatic heterocycles. The molecule has 0 atom stereocenters. The first-order chi connectivity index (χ1) is 20.7. The molecule has 0 amide bonds. The maximum Gasteiger partial charge on any atom is 0.155 e. The summed E-state index contributed by atoms with van der Waals surface area (Å²) in [5.41, 5.74) is 7.43. The predicted molar refractivity (Wildman–Crippen MR) is 164 cm³/mol. The summed E-state index contributed by atoms with van der Waals surface area (Å²) in [6.45, 7) is 2.02. The van der Waals surface area contributed by atoms with Gasteiger partial charge in [0.15, 0.2) is 5.65 Å². The van der Waals surface area contributed by atoms with E-state index in [4.69, 9.17) is 9.40 Å². The topological polar surface area (TPSA) is 56.7 Å². The summed E-state index contributed by atoms with van der Waals surface area (Å²) in [5, 5.41) is 1.76. The molecule has 0 unspecified atom stereocenters. The monoisotopic (exact) mass is 739 g/mol. The molecular weight excluding hydrogens is 716 g/mol. The molecule has 0 saturated heterocycles. The maximum absolute atomic E-state index is 13.8. The van der Waals surface area contributed by atoms with Crippen molar-refractivity contribution in [3.63, 3.8) is 0 Å². The normalized spacial score (nSPS) is 10.8. The minimum absolute atomic E-state index is 0. The molecule has 0 aliphatic rings. The number of pyridine rings is 2. The van der Waals surface area contributed by atoms with Gasteiger partial charge in [0.05, 0.1) is 16.9 Å².